The van der Waals surface area contributed by atoms with Crippen molar-refractivity contribution < 1.29 is 9.47 Å². The predicted molar refractivity (Wildman–Crippen MR) is 94.4 cm³/mol. The summed E-state index contributed by atoms with van der Waals surface area (Å²) in [4.78, 5) is 0. The monoisotopic (exact) mass is 309 g/mol. The Bertz CT molecular complexity index is 818. The van der Waals surface area contributed by atoms with Crippen molar-refractivity contribution in [3.05, 3.63) is 59.8 Å². The Morgan fingerprint density at radius 3 is 2.57 bits per heavy atom. The standard InChI is InChI=1S/C20H23NO2/c1-14(2)21-12-16(19-9-8-15(3)10-20(19)21)13-23-18-7-5-6-17(11-18)22-4/h5-12,14H,13H2,1-4H3. The van der Waals surface area contributed by atoms with Crippen LogP contribution in [0.15, 0.2) is 48.7 Å². The zero-order valence-corrected chi connectivity index (χ0v) is 14.2. The molecule has 2 aromatic carbocycles. The van der Waals surface area contributed by atoms with E-state index in [4.69, 9.17) is 9.47 Å². The summed E-state index contributed by atoms with van der Waals surface area (Å²) in [5, 5.41) is 1.26. The highest BCUT2D eigenvalue weighted by molar-refractivity contribution is 5.84. The molecule has 0 spiro atoms. The maximum atomic E-state index is 5.97. The fraction of sp³-hybridized carbons (Fsp3) is 0.300. The molecule has 0 aliphatic rings. The zero-order valence-electron chi connectivity index (χ0n) is 14.2. The molecule has 0 unspecified atom stereocenters. The van der Waals surface area contributed by atoms with E-state index in [-0.39, 0.29) is 0 Å². The van der Waals surface area contributed by atoms with E-state index in [0.29, 0.717) is 12.6 Å². The van der Waals surface area contributed by atoms with Crippen LogP contribution in [0.5, 0.6) is 11.5 Å². The quantitative estimate of drug-likeness (QED) is 0.653. The van der Waals surface area contributed by atoms with E-state index in [0.717, 1.165) is 11.5 Å². The number of nitrogens with zero attached hydrogens (tertiary/aromatic N) is 1. The summed E-state index contributed by atoms with van der Waals surface area (Å²) in [6, 6.07) is 14.7. The van der Waals surface area contributed by atoms with Gasteiger partial charge in [0.1, 0.15) is 18.1 Å². The average Bonchev–Trinajstić information content (AvgIpc) is 2.91. The molecule has 0 aliphatic heterocycles. The number of hydrogen-bond donors (Lipinski definition) is 0. The second-order valence-corrected chi connectivity index (χ2v) is 6.14. The summed E-state index contributed by atoms with van der Waals surface area (Å²) in [5.74, 6) is 1.63. The van der Waals surface area contributed by atoms with E-state index in [1.165, 1.54) is 22.0 Å². The number of methoxy groups -OCH3 is 1. The normalized spacial score (nSPS) is 11.2. The molecule has 0 radical (unpaired) electrons. The van der Waals surface area contributed by atoms with Crippen molar-refractivity contribution in [2.75, 3.05) is 7.11 Å². The summed E-state index contributed by atoms with van der Waals surface area (Å²) in [6.07, 6.45) is 2.20. The van der Waals surface area contributed by atoms with Gasteiger partial charge in [-0.05, 0) is 44.5 Å². The lowest BCUT2D eigenvalue weighted by atomic mass is 10.1. The van der Waals surface area contributed by atoms with Crippen molar-refractivity contribution in [2.24, 2.45) is 0 Å². The molecule has 3 aromatic rings. The maximum absolute atomic E-state index is 5.97. The summed E-state index contributed by atoms with van der Waals surface area (Å²) in [6.45, 7) is 7.08. The van der Waals surface area contributed by atoms with Gasteiger partial charge in [0.25, 0.3) is 0 Å². The molecule has 1 heterocycles. The number of aryl methyl sites for hydroxylation is 1. The van der Waals surface area contributed by atoms with Crippen LogP contribution in [0.25, 0.3) is 10.9 Å². The van der Waals surface area contributed by atoms with E-state index in [2.05, 4.69) is 49.7 Å². The Kier molecular flexibility index (Phi) is 4.28. The van der Waals surface area contributed by atoms with Crippen molar-refractivity contribution >= 4 is 10.9 Å². The first-order chi connectivity index (χ1) is 11.1. The van der Waals surface area contributed by atoms with E-state index in [1.807, 2.05) is 24.3 Å². The molecule has 0 saturated heterocycles. The Morgan fingerprint density at radius 2 is 1.83 bits per heavy atom. The minimum Gasteiger partial charge on any atom is -0.497 e. The molecule has 0 atom stereocenters. The third-order valence-corrected chi connectivity index (χ3v) is 4.06. The van der Waals surface area contributed by atoms with Gasteiger partial charge in [0, 0.05) is 34.8 Å². The molecule has 0 saturated carbocycles. The van der Waals surface area contributed by atoms with Gasteiger partial charge < -0.3 is 14.0 Å². The lowest BCUT2D eigenvalue weighted by molar-refractivity contribution is 0.304. The molecular formula is C20H23NO2. The number of rotatable bonds is 5. The molecule has 0 bridgehead atoms. The second-order valence-electron chi connectivity index (χ2n) is 6.14. The molecule has 3 nitrogen and oxygen atoms in total. The topological polar surface area (TPSA) is 23.4 Å². The first kappa shape index (κ1) is 15.5. The third-order valence-electron chi connectivity index (χ3n) is 4.06. The molecule has 120 valence electrons. The Morgan fingerprint density at radius 1 is 1.04 bits per heavy atom. The van der Waals surface area contributed by atoms with Crippen LogP contribution in [0.3, 0.4) is 0 Å². The van der Waals surface area contributed by atoms with Gasteiger partial charge in [-0.15, -0.1) is 0 Å². The van der Waals surface area contributed by atoms with Crippen molar-refractivity contribution in [3.63, 3.8) is 0 Å². The highest BCUT2D eigenvalue weighted by Gasteiger charge is 2.11. The molecule has 0 N–H and O–H groups in total. The molecular weight excluding hydrogens is 286 g/mol. The van der Waals surface area contributed by atoms with Crippen LogP contribution in [0.4, 0.5) is 0 Å². The molecule has 0 amide bonds. The van der Waals surface area contributed by atoms with Crippen LogP contribution in [0, 0.1) is 6.92 Å². The van der Waals surface area contributed by atoms with Crippen LogP contribution >= 0.6 is 0 Å². The highest BCUT2D eigenvalue weighted by atomic mass is 16.5. The Balaban J connectivity index is 1.90. The van der Waals surface area contributed by atoms with Gasteiger partial charge in [-0.3, -0.25) is 0 Å². The van der Waals surface area contributed by atoms with E-state index < -0.39 is 0 Å². The smallest absolute Gasteiger partial charge is 0.123 e. The SMILES string of the molecule is COc1cccc(OCc2cn(C(C)C)c3cc(C)ccc23)c1. The lowest BCUT2D eigenvalue weighted by Crippen LogP contribution is -1.98. The zero-order chi connectivity index (χ0) is 16.4. The van der Waals surface area contributed by atoms with Gasteiger partial charge in [-0.1, -0.05) is 18.2 Å². The summed E-state index contributed by atoms with van der Waals surface area (Å²) in [5.41, 5.74) is 3.75. The molecule has 23 heavy (non-hydrogen) atoms. The Hall–Kier alpha value is -2.42. The van der Waals surface area contributed by atoms with E-state index in [9.17, 15) is 0 Å². The summed E-state index contributed by atoms with van der Waals surface area (Å²) in [7, 11) is 1.66. The van der Waals surface area contributed by atoms with Gasteiger partial charge in [0.05, 0.1) is 7.11 Å². The fourth-order valence-corrected chi connectivity index (χ4v) is 2.83. The van der Waals surface area contributed by atoms with Crippen LogP contribution in [-0.4, -0.2) is 11.7 Å². The number of aromatic nitrogens is 1. The van der Waals surface area contributed by atoms with E-state index in [1.54, 1.807) is 7.11 Å². The maximum Gasteiger partial charge on any atom is 0.123 e. The van der Waals surface area contributed by atoms with Gasteiger partial charge in [-0.25, -0.2) is 0 Å². The van der Waals surface area contributed by atoms with Crippen LogP contribution in [0.1, 0.15) is 31.0 Å². The largest absolute Gasteiger partial charge is 0.497 e. The second kappa shape index (κ2) is 6.37. The van der Waals surface area contributed by atoms with Crippen molar-refractivity contribution in [3.8, 4) is 11.5 Å². The molecule has 1 aromatic heterocycles. The van der Waals surface area contributed by atoms with Gasteiger partial charge in [0.15, 0.2) is 0 Å². The third kappa shape index (κ3) is 3.19. The number of benzene rings is 2. The van der Waals surface area contributed by atoms with Crippen molar-refractivity contribution in [2.45, 2.75) is 33.4 Å². The molecule has 3 heteroatoms. The van der Waals surface area contributed by atoms with Crippen molar-refractivity contribution in [1.82, 2.24) is 4.57 Å². The van der Waals surface area contributed by atoms with Crippen molar-refractivity contribution in [1.29, 1.82) is 0 Å². The fourth-order valence-electron chi connectivity index (χ4n) is 2.83. The minimum atomic E-state index is 0.421. The first-order valence-electron chi connectivity index (χ1n) is 7.95. The average molecular weight is 309 g/mol. The minimum absolute atomic E-state index is 0.421. The van der Waals surface area contributed by atoms with E-state index >= 15 is 0 Å². The Labute approximate surface area is 137 Å². The van der Waals surface area contributed by atoms with Gasteiger partial charge in [0.2, 0.25) is 0 Å². The number of fused-ring (bicyclic) bond motifs is 1. The summed E-state index contributed by atoms with van der Waals surface area (Å²) >= 11 is 0. The van der Waals surface area contributed by atoms with Crippen LogP contribution < -0.4 is 9.47 Å². The molecule has 0 aliphatic carbocycles. The van der Waals surface area contributed by atoms with Crippen LogP contribution in [-0.2, 0) is 6.61 Å². The first-order valence-corrected chi connectivity index (χ1v) is 7.95. The number of hydrogen-bond acceptors (Lipinski definition) is 2. The predicted octanol–water partition coefficient (Wildman–Crippen LogP) is 5.12. The lowest BCUT2D eigenvalue weighted by Gasteiger charge is -2.09. The number of ether oxygens (including phenoxy) is 2. The van der Waals surface area contributed by atoms with Gasteiger partial charge >= 0.3 is 0 Å². The molecule has 3 rings (SSSR count). The van der Waals surface area contributed by atoms with Crippen LogP contribution in [0.2, 0.25) is 0 Å². The summed E-state index contributed by atoms with van der Waals surface area (Å²) < 4.78 is 13.5. The van der Waals surface area contributed by atoms with Gasteiger partial charge in [-0.2, -0.15) is 0 Å². The molecule has 0 fully saturated rings. The highest BCUT2D eigenvalue weighted by Crippen LogP contribution is 2.27.